The molecule has 0 saturated carbocycles. The van der Waals surface area contributed by atoms with Crippen molar-refractivity contribution in [1.82, 2.24) is 9.97 Å². The van der Waals surface area contributed by atoms with Crippen LogP contribution in [-0.2, 0) is 0 Å². The van der Waals surface area contributed by atoms with E-state index in [-0.39, 0.29) is 12.5 Å². The minimum atomic E-state index is -0.235. The van der Waals surface area contributed by atoms with Crippen LogP contribution in [0.3, 0.4) is 0 Å². The molecule has 0 fully saturated rings. The number of nitrogens with zero attached hydrogens (tertiary/aromatic N) is 2. The molecule has 96 valence electrons. The highest BCUT2D eigenvalue weighted by Gasteiger charge is 2.09. The predicted molar refractivity (Wildman–Crippen MR) is 72.9 cm³/mol. The van der Waals surface area contributed by atoms with Crippen molar-refractivity contribution in [1.29, 1.82) is 0 Å². The van der Waals surface area contributed by atoms with Gasteiger partial charge in [0.1, 0.15) is 0 Å². The van der Waals surface area contributed by atoms with E-state index in [1.54, 1.807) is 12.1 Å². The van der Waals surface area contributed by atoms with E-state index < -0.39 is 0 Å². The SMILES string of the molecule is O=C(Nc1cnccn1)c1ccc(C#CCCO)s1. The van der Waals surface area contributed by atoms with Gasteiger partial charge in [0, 0.05) is 18.8 Å². The Hall–Kier alpha value is -2.23. The minimum absolute atomic E-state index is 0.0401. The van der Waals surface area contributed by atoms with Gasteiger partial charge in [-0.3, -0.25) is 9.78 Å². The van der Waals surface area contributed by atoms with Crippen molar-refractivity contribution in [2.45, 2.75) is 6.42 Å². The number of anilines is 1. The summed E-state index contributed by atoms with van der Waals surface area (Å²) in [6, 6.07) is 3.49. The van der Waals surface area contributed by atoms with Gasteiger partial charge < -0.3 is 10.4 Å². The van der Waals surface area contributed by atoms with E-state index in [1.807, 2.05) is 0 Å². The highest BCUT2D eigenvalue weighted by molar-refractivity contribution is 7.14. The van der Waals surface area contributed by atoms with E-state index in [0.29, 0.717) is 17.1 Å². The summed E-state index contributed by atoms with van der Waals surface area (Å²) in [6.07, 6.45) is 4.96. The second-order valence-corrected chi connectivity index (χ2v) is 4.57. The number of amides is 1. The summed E-state index contributed by atoms with van der Waals surface area (Å²) >= 11 is 1.30. The fourth-order valence-electron chi connectivity index (χ4n) is 1.27. The number of hydrogen-bond donors (Lipinski definition) is 2. The van der Waals surface area contributed by atoms with Crippen LogP contribution in [0.2, 0.25) is 0 Å². The maximum absolute atomic E-state index is 11.9. The Balaban J connectivity index is 2.03. The van der Waals surface area contributed by atoms with Gasteiger partial charge in [0.25, 0.3) is 5.91 Å². The van der Waals surface area contributed by atoms with E-state index in [2.05, 4.69) is 27.1 Å². The van der Waals surface area contributed by atoms with Gasteiger partial charge in [-0.2, -0.15) is 0 Å². The molecule has 0 bridgehead atoms. The number of nitrogens with one attached hydrogen (secondary N) is 1. The first-order valence-electron chi connectivity index (χ1n) is 5.56. The molecule has 2 rings (SSSR count). The summed E-state index contributed by atoms with van der Waals surface area (Å²) in [5.41, 5.74) is 0. The van der Waals surface area contributed by atoms with Crippen molar-refractivity contribution in [2.24, 2.45) is 0 Å². The maximum atomic E-state index is 11.9. The zero-order chi connectivity index (χ0) is 13.5. The summed E-state index contributed by atoms with van der Waals surface area (Å²) in [5.74, 6) is 5.87. The minimum Gasteiger partial charge on any atom is -0.395 e. The van der Waals surface area contributed by atoms with Gasteiger partial charge in [0.2, 0.25) is 0 Å². The first-order chi connectivity index (χ1) is 9.29. The van der Waals surface area contributed by atoms with Crippen molar-refractivity contribution < 1.29 is 9.90 Å². The zero-order valence-corrected chi connectivity index (χ0v) is 10.8. The highest BCUT2D eigenvalue weighted by Crippen LogP contribution is 2.16. The average Bonchev–Trinajstić information content (AvgIpc) is 2.89. The topological polar surface area (TPSA) is 75.1 Å². The molecule has 0 unspecified atom stereocenters. The number of aliphatic hydroxyl groups is 1. The third-order valence-electron chi connectivity index (χ3n) is 2.08. The Labute approximate surface area is 114 Å². The van der Waals surface area contributed by atoms with Crippen LogP contribution in [0.15, 0.2) is 30.7 Å². The second-order valence-electron chi connectivity index (χ2n) is 3.48. The molecule has 0 aromatic carbocycles. The fraction of sp³-hybridized carbons (Fsp3) is 0.154. The lowest BCUT2D eigenvalue weighted by Gasteiger charge is -2.00. The number of aliphatic hydroxyl groups excluding tert-OH is 1. The van der Waals surface area contributed by atoms with Gasteiger partial charge >= 0.3 is 0 Å². The van der Waals surface area contributed by atoms with E-state index >= 15 is 0 Å². The van der Waals surface area contributed by atoms with Gasteiger partial charge in [0.15, 0.2) is 5.82 Å². The molecule has 2 N–H and O–H groups in total. The molecular formula is C13H11N3O2S. The second kappa shape index (κ2) is 6.64. The Kier molecular flexibility index (Phi) is 4.61. The van der Waals surface area contributed by atoms with Crippen LogP contribution in [0.25, 0.3) is 0 Å². The molecule has 6 heteroatoms. The van der Waals surface area contributed by atoms with Crippen molar-refractivity contribution >= 4 is 23.1 Å². The smallest absolute Gasteiger partial charge is 0.266 e. The number of thiophene rings is 1. The molecule has 1 amide bonds. The third kappa shape index (κ3) is 3.88. The van der Waals surface area contributed by atoms with Crippen LogP contribution >= 0.6 is 11.3 Å². The normalized spacial score (nSPS) is 9.53. The largest absolute Gasteiger partial charge is 0.395 e. The van der Waals surface area contributed by atoms with Crippen molar-refractivity contribution in [3.05, 3.63) is 40.5 Å². The Morgan fingerprint density at radius 2 is 2.32 bits per heavy atom. The van der Waals surface area contributed by atoms with Crippen LogP contribution in [0.5, 0.6) is 0 Å². The molecule has 0 aliphatic carbocycles. The number of aromatic nitrogens is 2. The molecule has 0 saturated heterocycles. The number of carbonyl (C=O) groups excluding carboxylic acids is 1. The summed E-state index contributed by atoms with van der Waals surface area (Å²) in [4.78, 5) is 21.1. The highest BCUT2D eigenvalue weighted by atomic mass is 32.1. The fourth-order valence-corrected chi connectivity index (χ4v) is 2.05. The molecule has 0 aliphatic rings. The summed E-state index contributed by atoms with van der Waals surface area (Å²) < 4.78 is 0. The lowest BCUT2D eigenvalue weighted by molar-refractivity contribution is 0.103. The van der Waals surface area contributed by atoms with Crippen LogP contribution in [0.1, 0.15) is 21.0 Å². The standard InChI is InChI=1S/C13H11N3O2S/c17-8-2-1-3-10-4-5-11(19-10)13(18)16-12-9-14-6-7-15-12/h4-7,9,17H,2,8H2,(H,15,16,18). The maximum Gasteiger partial charge on any atom is 0.266 e. The third-order valence-corrected chi connectivity index (χ3v) is 3.08. The zero-order valence-electron chi connectivity index (χ0n) is 9.96. The molecule has 0 atom stereocenters. The summed E-state index contributed by atoms with van der Waals surface area (Å²) in [7, 11) is 0. The van der Waals surface area contributed by atoms with Gasteiger partial charge in [-0.05, 0) is 12.1 Å². The van der Waals surface area contributed by atoms with Crippen molar-refractivity contribution in [3.8, 4) is 11.8 Å². The Morgan fingerprint density at radius 3 is 3.05 bits per heavy atom. The number of rotatable bonds is 3. The molecular weight excluding hydrogens is 262 g/mol. The lowest BCUT2D eigenvalue weighted by atomic mass is 10.4. The number of hydrogen-bond acceptors (Lipinski definition) is 5. The van der Waals surface area contributed by atoms with Crippen LogP contribution < -0.4 is 5.32 Å². The Bertz CT molecular complexity index is 614. The first-order valence-corrected chi connectivity index (χ1v) is 6.38. The summed E-state index contributed by atoms with van der Waals surface area (Å²) in [5, 5.41) is 11.3. The molecule has 2 aromatic heterocycles. The van der Waals surface area contributed by atoms with Crippen LogP contribution in [0, 0.1) is 11.8 Å². The van der Waals surface area contributed by atoms with E-state index in [0.717, 1.165) is 4.88 Å². The van der Waals surface area contributed by atoms with Crippen molar-refractivity contribution in [2.75, 3.05) is 11.9 Å². The quantitative estimate of drug-likeness (QED) is 0.831. The molecule has 5 nitrogen and oxygen atoms in total. The first kappa shape index (κ1) is 13.2. The van der Waals surface area contributed by atoms with E-state index in [9.17, 15) is 4.79 Å². The van der Waals surface area contributed by atoms with E-state index in [1.165, 1.54) is 29.9 Å². The molecule has 19 heavy (non-hydrogen) atoms. The van der Waals surface area contributed by atoms with Gasteiger partial charge in [-0.15, -0.1) is 11.3 Å². The Morgan fingerprint density at radius 1 is 1.42 bits per heavy atom. The molecule has 0 aliphatic heterocycles. The lowest BCUT2D eigenvalue weighted by Crippen LogP contribution is -2.11. The summed E-state index contributed by atoms with van der Waals surface area (Å²) in [6.45, 7) is 0.0401. The monoisotopic (exact) mass is 273 g/mol. The van der Waals surface area contributed by atoms with Gasteiger partial charge in [0.05, 0.1) is 22.6 Å². The van der Waals surface area contributed by atoms with Crippen LogP contribution in [-0.4, -0.2) is 27.6 Å². The van der Waals surface area contributed by atoms with Gasteiger partial charge in [-0.1, -0.05) is 11.8 Å². The molecule has 2 aromatic rings. The van der Waals surface area contributed by atoms with Crippen LogP contribution in [0.4, 0.5) is 5.82 Å². The van der Waals surface area contributed by atoms with Crippen molar-refractivity contribution in [3.63, 3.8) is 0 Å². The number of carbonyl (C=O) groups is 1. The molecule has 0 radical (unpaired) electrons. The molecule has 0 spiro atoms. The molecule has 2 heterocycles. The predicted octanol–water partition coefficient (Wildman–Crippen LogP) is 1.52. The van der Waals surface area contributed by atoms with Gasteiger partial charge in [-0.25, -0.2) is 4.98 Å². The average molecular weight is 273 g/mol. The van der Waals surface area contributed by atoms with E-state index in [4.69, 9.17) is 5.11 Å².